The summed E-state index contributed by atoms with van der Waals surface area (Å²) in [6.07, 6.45) is 0.102. The van der Waals surface area contributed by atoms with Gasteiger partial charge in [-0.05, 0) is 42.3 Å². The Morgan fingerprint density at radius 3 is 1.61 bits per heavy atom. The SMILES string of the molecule is C=C(C)CC(OCc1ccc(F)cc1)OCc1ccc(F)cc1. The molecule has 0 aliphatic carbocycles. The van der Waals surface area contributed by atoms with E-state index in [1.54, 1.807) is 24.3 Å². The zero-order chi connectivity index (χ0) is 16.7. The molecule has 4 heteroatoms. The van der Waals surface area contributed by atoms with E-state index in [4.69, 9.17) is 9.47 Å². The van der Waals surface area contributed by atoms with Crippen LogP contribution in [0.15, 0.2) is 60.7 Å². The van der Waals surface area contributed by atoms with Gasteiger partial charge in [0, 0.05) is 6.42 Å². The topological polar surface area (TPSA) is 18.5 Å². The second-order valence-electron chi connectivity index (χ2n) is 5.47. The molecule has 0 aromatic heterocycles. The van der Waals surface area contributed by atoms with Gasteiger partial charge in [-0.1, -0.05) is 36.4 Å². The Morgan fingerprint density at radius 2 is 1.26 bits per heavy atom. The average Bonchev–Trinajstić information content (AvgIpc) is 2.52. The molecule has 2 aromatic rings. The standard InChI is InChI=1S/C19H20F2O2/c1-14(2)11-19(22-12-15-3-7-17(20)8-4-15)23-13-16-5-9-18(21)10-6-16/h3-10,19H,1,11-13H2,2H3. The van der Waals surface area contributed by atoms with Crippen molar-refractivity contribution in [1.29, 1.82) is 0 Å². The van der Waals surface area contributed by atoms with Gasteiger partial charge in [-0.3, -0.25) is 0 Å². The molecule has 2 rings (SSSR count). The van der Waals surface area contributed by atoms with E-state index in [0.717, 1.165) is 16.7 Å². The summed E-state index contributed by atoms with van der Waals surface area (Å²) in [5.74, 6) is -0.556. The van der Waals surface area contributed by atoms with E-state index in [0.29, 0.717) is 19.6 Å². The van der Waals surface area contributed by atoms with Gasteiger partial charge in [0.1, 0.15) is 11.6 Å². The number of benzene rings is 2. The minimum absolute atomic E-state index is 0.278. The summed E-state index contributed by atoms with van der Waals surface area (Å²) >= 11 is 0. The summed E-state index contributed by atoms with van der Waals surface area (Å²) in [6.45, 7) is 6.41. The molecular weight excluding hydrogens is 298 g/mol. The number of hydrogen-bond donors (Lipinski definition) is 0. The monoisotopic (exact) mass is 318 g/mol. The maximum atomic E-state index is 12.9. The van der Waals surface area contributed by atoms with Crippen LogP contribution in [-0.2, 0) is 22.7 Å². The van der Waals surface area contributed by atoms with Crippen molar-refractivity contribution in [3.05, 3.63) is 83.4 Å². The van der Waals surface area contributed by atoms with Crippen LogP contribution in [0.25, 0.3) is 0 Å². The second kappa shape index (κ2) is 8.56. The zero-order valence-electron chi connectivity index (χ0n) is 13.1. The first kappa shape index (κ1) is 17.3. The molecule has 0 N–H and O–H groups in total. The van der Waals surface area contributed by atoms with Crippen LogP contribution in [0.3, 0.4) is 0 Å². The zero-order valence-corrected chi connectivity index (χ0v) is 13.1. The fraction of sp³-hybridized carbons (Fsp3) is 0.263. The van der Waals surface area contributed by atoms with Gasteiger partial charge in [0.05, 0.1) is 13.2 Å². The highest BCUT2D eigenvalue weighted by molar-refractivity contribution is 5.16. The van der Waals surface area contributed by atoms with Crippen LogP contribution < -0.4 is 0 Å². The molecule has 2 aromatic carbocycles. The second-order valence-corrected chi connectivity index (χ2v) is 5.47. The molecule has 0 spiro atoms. The largest absolute Gasteiger partial charge is 0.348 e. The fourth-order valence-electron chi connectivity index (χ4n) is 1.99. The van der Waals surface area contributed by atoms with Crippen LogP contribution in [0.1, 0.15) is 24.5 Å². The van der Waals surface area contributed by atoms with Gasteiger partial charge in [-0.25, -0.2) is 8.78 Å². The highest BCUT2D eigenvalue weighted by atomic mass is 19.1. The van der Waals surface area contributed by atoms with E-state index >= 15 is 0 Å². The highest BCUT2D eigenvalue weighted by Gasteiger charge is 2.11. The normalized spacial score (nSPS) is 11.0. The van der Waals surface area contributed by atoms with Crippen molar-refractivity contribution in [2.75, 3.05) is 0 Å². The van der Waals surface area contributed by atoms with Crippen LogP contribution in [-0.4, -0.2) is 6.29 Å². The van der Waals surface area contributed by atoms with Crippen LogP contribution >= 0.6 is 0 Å². The first-order valence-electron chi connectivity index (χ1n) is 7.39. The Kier molecular flexibility index (Phi) is 6.44. The molecule has 2 nitrogen and oxygen atoms in total. The number of hydrogen-bond acceptors (Lipinski definition) is 2. The minimum Gasteiger partial charge on any atom is -0.348 e. The Bertz CT molecular complexity index is 571. The Balaban J connectivity index is 1.89. The van der Waals surface area contributed by atoms with Gasteiger partial charge in [-0.15, -0.1) is 0 Å². The molecule has 122 valence electrons. The fourth-order valence-corrected chi connectivity index (χ4v) is 1.99. The van der Waals surface area contributed by atoms with E-state index in [9.17, 15) is 8.78 Å². The van der Waals surface area contributed by atoms with Crippen molar-refractivity contribution in [3.63, 3.8) is 0 Å². The van der Waals surface area contributed by atoms with Gasteiger partial charge >= 0.3 is 0 Å². The van der Waals surface area contributed by atoms with Crippen molar-refractivity contribution >= 4 is 0 Å². The summed E-state index contributed by atoms with van der Waals surface area (Å²) < 4.78 is 37.3. The first-order chi connectivity index (χ1) is 11.0. The van der Waals surface area contributed by atoms with Gasteiger partial charge < -0.3 is 9.47 Å². The molecule has 23 heavy (non-hydrogen) atoms. The van der Waals surface area contributed by atoms with Crippen LogP contribution in [0.4, 0.5) is 8.78 Å². The van der Waals surface area contributed by atoms with Crippen molar-refractivity contribution < 1.29 is 18.3 Å². The third kappa shape index (κ3) is 6.30. The molecule has 0 radical (unpaired) electrons. The van der Waals surface area contributed by atoms with Crippen molar-refractivity contribution in [1.82, 2.24) is 0 Å². The lowest BCUT2D eigenvalue weighted by Crippen LogP contribution is -2.17. The molecule has 0 aliphatic heterocycles. The van der Waals surface area contributed by atoms with Gasteiger partial charge in [-0.2, -0.15) is 0 Å². The quantitative estimate of drug-likeness (QED) is 0.504. The molecule has 0 amide bonds. The van der Waals surface area contributed by atoms with Crippen LogP contribution in [0.2, 0.25) is 0 Å². The van der Waals surface area contributed by atoms with E-state index in [2.05, 4.69) is 6.58 Å². The number of ether oxygens (including phenoxy) is 2. The Morgan fingerprint density at radius 1 is 0.870 bits per heavy atom. The number of halogens is 2. The van der Waals surface area contributed by atoms with E-state index in [-0.39, 0.29) is 11.6 Å². The number of rotatable bonds is 8. The van der Waals surface area contributed by atoms with Gasteiger partial charge in [0.25, 0.3) is 0 Å². The Hall–Kier alpha value is -2.04. The highest BCUT2D eigenvalue weighted by Crippen LogP contribution is 2.14. The molecule has 0 fully saturated rings. The summed E-state index contributed by atoms with van der Waals surface area (Å²) in [4.78, 5) is 0. The van der Waals surface area contributed by atoms with Gasteiger partial charge in [0.2, 0.25) is 0 Å². The molecule has 0 heterocycles. The predicted molar refractivity (Wildman–Crippen MR) is 85.6 cm³/mol. The summed E-state index contributed by atoms with van der Waals surface area (Å²) in [7, 11) is 0. The van der Waals surface area contributed by atoms with Crippen molar-refractivity contribution in [3.8, 4) is 0 Å². The van der Waals surface area contributed by atoms with Crippen molar-refractivity contribution in [2.45, 2.75) is 32.8 Å². The lowest BCUT2D eigenvalue weighted by molar-refractivity contribution is -0.155. The Labute approximate surface area is 135 Å². The lowest BCUT2D eigenvalue weighted by atomic mass is 10.2. The maximum Gasteiger partial charge on any atom is 0.162 e. The smallest absolute Gasteiger partial charge is 0.162 e. The van der Waals surface area contributed by atoms with Gasteiger partial charge in [0.15, 0.2) is 6.29 Å². The molecule has 0 unspecified atom stereocenters. The third-order valence-electron chi connectivity index (χ3n) is 3.21. The molecule has 0 atom stereocenters. The molecule has 0 saturated heterocycles. The molecule has 0 aliphatic rings. The third-order valence-corrected chi connectivity index (χ3v) is 3.21. The predicted octanol–water partition coefficient (Wildman–Crippen LogP) is 4.99. The van der Waals surface area contributed by atoms with Crippen molar-refractivity contribution in [2.24, 2.45) is 0 Å². The summed E-state index contributed by atoms with van der Waals surface area (Å²) in [5, 5.41) is 0. The van der Waals surface area contributed by atoms with E-state index in [1.165, 1.54) is 24.3 Å². The van der Waals surface area contributed by atoms with E-state index in [1.807, 2.05) is 6.92 Å². The van der Waals surface area contributed by atoms with Crippen LogP contribution in [0.5, 0.6) is 0 Å². The molecule has 0 bridgehead atoms. The average molecular weight is 318 g/mol. The minimum atomic E-state index is -0.456. The molecule has 0 saturated carbocycles. The summed E-state index contributed by atoms with van der Waals surface area (Å²) in [6, 6.07) is 12.3. The lowest BCUT2D eigenvalue weighted by Gasteiger charge is -2.19. The summed E-state index contributed by atoms with van der Waals surface area (Å²) in [5.41, 5.74) is 2.67. The maximum absolute atomic E-state index is 12.9. The first-order valence-corrected chi connectivity index (χ1v) is 7.39. The van der Waals surface area contributed by atoms with Crippen LogP contribution in [0, 0.1) is 11.6 Å². The molecular formula is C19H20F2O2. The van der Waals surface area contributed by atoms with E-state index < -0.39 is 6.29 Å².